The van der Waals surface area contributed by atoms with E-state index in [2.05, 4.69) is 33.2 Å². The monoisotopic (exact) mass is 296 g/mol. The third-order valence-electron chi connectivity index (χ3n) is 3.20. The zero-order chi connectivity index (χ0) is 12.4. The molecule has 92 valence electrons. The number of nitrogens with zero attached hydrogens (tertiary/aromatic N) is 1. The summed E-state index contributed by atoms with van der Waals surface area (Å²) in [5, 5.41) is 2.98. The molecule has 1 aromatic rings. The molecule has 0 saturated carbocycles. The van der Waals surface area contributed by atoms with Crippen LogP contribution in [0.2, 0.25) is 0 Å². The quantitative estimate of drug-likeness (QED) is 0.910. The van der Waals surface area contributed by atoms with E-state index < -0.39 is 0 Å². The molecule has 1 unspecified atom stereocenters. The molecule has 1 amide bonds. The molecule has 1 N–H and O–H groups in total. The van der Waals surface area contributed by atoms with Gasteiger partial charge in [0.2, 0.25) is 5.91 Å². The van der Waals surface area contributed by atoms with Crippen LogP contribution < -0.4 is 5.32 Å². The molecule has 1 aliphatic rings. The van der Waals surface area contributed by atoms with Crippen molar-refractivity contribution in [1.29, 1.82) is 0 Å². The van der Waals surface area contributed by atoms with E-state index in [0.717, 1.165) is 29.7 Å². The minimum Gasteiger partial charge on any atom is -0.326 e. The lowest BCUT2D eigenvalue weighted by atomic mass is 10.1. The number of carbonyl (C=O) groups is 1. The smallest absolute Gasteiger partial charge is 0.228 e. The van der Waals surface area contributed by atoms with E-state index in [1.165, 1.54) is 5.56 Å². The van der Waals surface area contributed by atoms with E-state index in [0.29, 0.717) is 0 Å². The number of likely N-dealkylation sites (tertiary alicyclic amines) is 1. The molecule has 0 radical (unpaired) electrons. The average molecular weight is 297 g/mol. The van der Waals surface area contributed by atoms with Crippen molar-refractivity contribution in [3.8, 4) is 0 Å². The topological polar surface area (TPSA) is 32.3 Å². The first-order valence-corrected chi connectivity index (χ1v) is 6.61. The van der Waals surface area contributed by atoms with Crippen molar-refractivity contribution >= 4 is 27.5 Å². The van der Waals surface area contributed by atoms with Gasteiger partial charge in [-0.2, -0.15) is 0 Å². The lowest BCUT2D eigenvalue weighted by Gasteiger charge is -2.12. The summed E-state index contributed by atoms with van der Waals surface area (Å²) < 4.78 is 1.03. The maximum absolute atomic E-state index is 12.0. The maximum atomic E-state index is 12.0. The van der Waals surface area contributed by atoms with Crippen LogP contribution in [-0.2, 0) is 4.79 Å². The Balaban J connectivity index is 2.00. The maximum Gasteiger partial charge on any atom is 0.228 e. The number of hydrogen-bond donors (Lipinski definition) is 1. The molecule has 3 nitrogen and oxygen atoms in total. The van der Waals surface area contributed by atoms with E-state index in [-0.39, 0.29) is 11.8 Å². The molecule has 0 aliphatic carbocycles. The van der Waals surface area contributed by atoms with Gasteiger partial charge in [0.05, 0.1) is 5.92 Å². The molecule has 17 heavy (non-hydrogen) atoms. The predicted molar refractivity (Wildman–Crippen MR) is 73.1 cm³/mol. The fourth-order valence-corrected chi connectivity index (χ4v) is 2.44. The molecule has 1 aromatic carbocycles. The SMILES string of the molecule is Cc1ccc(NC(=O)C2CCN(C)C2)cc1Br. The van der Waals surface area contributed by atoms with Gasteiger partial charge in [-0.3, -0.25) is 4.79 Å². The Bertz CT molecular complexity index is 433. The minimum absolute atomic E-state index is 0.125. The van der Waals surface area contributed by atoms with Crippen LogP contribution in [0.5, 0.6) is 0 Å². The van der Waals surface area contributed by atoms with Crippen molar-refractivity contribution in [1.82, 2.24) is 4.90 Å². The zero-order valence-corrected chi connectivity index (χ0v) is 11.8. The van der Waals surface area contributed by atoms with E-state index in [4.69, 9.17) is 0 Å². The van der Waals surface area contributed by atoms with Crippen LogP contribution in [0.3, 0.4) is 0 Å². The Kier molecular flexibility index (Phi) is 3.84. The molecule has 0 bridgehead atoms. The van der Waals surface area contributed by atoms with Crippen molar-refractivity contribution in [2.45, 2.75) is 13.3 Å². The van der Waals surface area contributed by atoms with Gasteiger partial charge in [-0.15, -0.1) is 0 Å². The van der Waals surface area contributed by atoms with Crippen molar-refractivity contribution in [3.05, 3.63) is 28.2 Å². The Morgan fingerprint density at radius 3 is 2.88 bits per heavy atom. The molecular weight excluding hydrogens is 280 g/mol. The van der Waals surface area contributed by atoms with Gasteiger partial charge in [0.15, 0.2) is 0 Å². The second-order valence-corrected chi connectivity index (χ2v) is 5.56. The summed E-state index contributed by atoms with van der Waals surface area (Å²) in [5.74, 6) is 0.255. The number of anilines is 1. The van der Waals surface area contributed by atoms with Gasteiger partial charge in [0, 0.05) is 16.7 Å². The van der Waals surface area contributed by atoms with Crippen LogP contribution in [0.15, 0.2) is 22.7 Å². The van der Waals surface area contributed by atoms with Gasteiger partial charge in [-0.05, 0) is 44.6 Å². The van der Waals surface area contributed by atoms with Crippen molar-refractivity contribution in [2.24, 2.45) is 5.92 Å². The fraction of sp³-hybridized carbons (Fsp3) is 0.462. The molecule has 2 rings (SSSR count). The number of rotatable bonds is 2. The van der Waals surface area contributed by atoms with E-state index >= 15 is 0 Å². The number of amides is 1. The highest BCUT2D eigenvalue weighted by Gasteiger charge is 2.25. The van der Waals surface area contributed by atoms with Gasteiger partial charge >= 0.3 is 0 Å². The van der Waals surface area contributed by atoms with Gasteiger partial charge in [-0.1, -0.05) is 22.0 Å². The summed E-state index contributed by atoms with van der Waals surface area (Å²) in [5.41, 5.74) is 2.03. The first kappa shape index (κ1) is 12.6. The molecule has 1 saturated heterocycles. The number of carbonyl (C=O) groups excluding carboxylic acids is 1. The molecule has 0 aromatic heterocycles. The van der Waals surface area contributed by atoms with Gasteiger partial charge in [-0.25, -0.2) is 0 Å². The molecule has 1 atom stereocenters. The Labute approximate surface area is 110 Å². The lowest BCUT2D eigenvalue weighted by molar-refractivity contribution is -0.119. The molecule has 1 fully saturated rings. The zero-order valence-electron chi connectivity index (χ0n) is 10.2. The summed E-state index contributed by atoms with van der Waals surface area (Å²) in [4.78, 5) is 14.2. The Morgan fingerprint density at radius 1 is 1.53 bits per heavy atom. The number of hydrogen-bond acceptors (Lipinski definition) is 2. The van der Waals surface area contributed by atoms with Gasteiger partial charge in [0.1, 0.15) is 0 Å². The van der Waals surface area contributed by atoms with Gasteiger partial charge in [0.25, 0.3) is 0 Å². The largest absolute Gasteiger partial charge is 0.326 e. The summed E-state index contributed by atoms with van der Waals surface area (Å²) in [6.45, 7) is 3.90. The van der Waals surface area contributed by atoms with Gasteiger partial charge < -0.3 is 10.2 Å². The highest BCUT2D eigenvalue weighted by atomic mass is 79.9. The average Bonchev–Trinajstić information content (AvgIpc) is 2.70. The molecule has 1 aliphatic heterocycles. The van der Waals surface area contributed by atoms with Crippen LogP contribution in [0.4, 0.5) is 5.69 Å². The summed E-state index contributed by atoms with van der Waals surface area (Å²) in [6.07, 6.45) is 0.954. The predicted octanol–water partition coefficient (Wildman–Crippen LogP) is 2.65. The fourth-order valence-electron chi connectivity index (χ4n) is 2.06. The summed E-state index contributed by atoms with van der Waals surface area (Å²) >= 11 is 3.47. The van der Waals surface area contributed by atoms with E-state index in [1.807, 2.05) is 25.1 Å². The first-order valence-electron chi connectivity index (χ1n) is 5.82. The third kappa shape index (κ3) is 3.07. The highest BCUT2D eigenvalue weighted by molar-refractivity contribution is 9.10. The molecule has 1 heterocycles. The van der Waals surface area contributed by atoms with Crippen molar-refractivity contribution < 1.29 is 4.79 Å². The number of aryl methyl sites for hydroxylation is 1. The highest BCUT2D eigenvalue weighted by Crippen LogP contribution is 2.22. The number of halogens is 1. The van der Waals surface area contributed by atoms with Crippen LogP contribution >= 0.6 is 15.9 Å². The van der Waals surface area contributed by atoms with E-state index in [9.17, 15) is 4.79 Å². The Hall–Kier alpha value is -0.870. The van der Waals surface area contributed by atoms with E-state index in [1.54, 1.807) is 0 Å². The standard InChI is InChI=1S/C13H17BrN2O/c1-9-3-4-11(7-12(9)14)15-13(17)10-5-6-16(2)8-10/h3-4,7,10H,5-6,8H2,1-2H3,(H,15,17). The van der Waals surface area contributed by atoms with Crippen LogP contribution in [0, 0.1) is 12.8 Å². The number of benzene rings is 1. The second-order valence-electron chi connectivity index (χ2n) is 4.70. The lowest BCUT2D eigenvalue weighted by Crippen LogP contribution is -2.25. The molecule has 0 spiro atoms. The molecular formula is C13H17BrN2O. The second kappa shape index (κ2) is 5.19. The minimum atomic E-state index is 0.125. The third-order valence-corrected chi connectivity index (χ3v) is 4.06. The number of nitrogens with one attached hydrogen (secondary N) is 1. The van der Waals surface area contributed by atoms with Crippen molar-refractivity contribution in [3.63, 3.8) is 0 Å². The normalized spacial score (nSPS) is 20.5. The summed E-state index contributed by atoms with van der Waals surface area (Å²) in [6, 6.07) is 5.89. The summed E-state index contributed by atoms with van der Waals surface area (Å²) in [7, 11) is 2.05. The molecule has 4 heteroatoms. The first-order chi connectivity index (χ1) is 8.06. The van der Waals surface area contributed by atoms with Crippen LogP contribution in [-0.4, -0.2) is 30.9 Å². The van der Waals surface area contributed by atoms with Crippen LogP contribution in [0.25, 0.3) is 0 Å². The van der Waals surface area contributed by atoms with Crippen molar-refractivity contribution in [2.75, 3.05) is 25.5 Å². The van der Waals surface area contributed by atoms with Crippen LogP contribution in [0.1, 0.15) is 12.0 Å². The Morgan fingerprint density at radius 2 is 2.29 bits per heavy atom.